The van der Waals surface area contributed by atoms with Crippen LogP contribution >= 0.6 is 0 Å². The van der Waals surface area contributed by atoms with Crippen LogP contribution in [0.3, 0.4) is 0 Å². The molecule has 3 heterocycles. The van der Waals surface area contributed by atoms with Crippen LogP contribution in [0.4, 0.5) is 21.9 Å². The summed E-state index contributed by atoms with van der Waals surface area (Å²) in [5, 5.41) is 13.8. The first-order chi connectivity index (χ1) is 16.5. The molecule has 11 nitrogen and oxygen atoms in total. The number of urea groups is 1. The van der Waals surface area contributed by atoms with Crippen molar-refractivity contribution in [2.45, 2.75) is 12.5 Å². The van der Waals surface area contributed by atoms with Crippen LogP contribution in [0.25, 0.3) is 0 Å². The number of nitro benzene ring substituents is 1. The SMILES string of the molecule is O=C(N[C@@H]1CC(=O)N(c2ccc3c(c2)OCCO3)C1)N1CCN(c2ccc([N+](=O)[O-])cc2)CC1. The van der Waals surface area contributed by atoms with Crippen molar-refractivity contribution in [3.63, 3.8) is 0 Å². The van der Waals surface area contributed by atoms with E-state index < -0.39 is 4.92 Å². The lowest BCUT2D eigenvalue weighted by molar-refractivity contribution is -0.384. The molecule has 3 aliphatic rings. The molecule has 2 saturated heterocycles. The third kappa shape index (κ3) is 4.41. The molecule has 34 heavy (non-hydrogen) atoms. The van der Waals surface area contributed by atoms with E-state index in [2.05, 4.69) is 10.2 Å². The van der Waals surface area contributed by atoms with Crippen LogP contribution in [0, 0.1) is 10.1 Å². The minimum absolute atomic E-state index is 0.0510. The molecule has 2 aromatic carbocycles. The zero-order valence-corrected chi connectivity index (χ0v) is 18.5. The van der Waals surface area contributed by atoms with Crippen LogP contribution in [0.1, 0.15) is 6.42 Å². The van der Waals surface area contributed by atoms with E-state index in [1.165, 1.54) is 12.1 Å². The number of amides is 3. The zero-order valence-electron chi connectivity index (χ0n) is 18.5. The number of carbonyl (C=O) groups is 2. The Balaban J connectivity index is 1.14. The summed E-state index contributed by atoms with van der Waals surface area (Å²) in [5.41, 5.74) is 1.67. The van der Waals surface area contributed by atoms with E-state index in [4.69, 9.17) is 9.47 Å². The predicted octanol–water partition coefficient (Wildman–Crippen LogP) is 2.00. The van der Waals surface area contributed by atoms with Gasteiger partial charge in [0.15, 0.2) is 11.5 Å². The van der Waals surface area contributed by atoms with Crippen LogP contribution in [0.15, 0.2) is 42.5 Å². The number of nitrogens with one attached hydrogen (secondary N) is 1. The van der Waals surface area contributed by atoms with Gasteiger partial charge in [-0.05, 0) is 24.3 Å². The van der Waals surface area contributed by atoms with Gasteiger partial charge in [-0.2, -0.15) is 0 Å². The van der Waals surface area contributed by atoms with Gasteiger partial charge in [-0.3, -0.25) is 14.9 Å². The third-order valence-electron chi connectivity index (χ3n) is 6.28. The molecular formula is C23H25N5O6. The van der Waals surface area contributed by atoms with Gasteiger partial charge in [0.2, 0.25) is 5.91 Å². The Morgan fingerprint density at radius 1 is 0.971 bits per heavy atom. The molecule has 0 radical (unpaired) electrons. The molecule has 0 spiro atoms. The van der Waals surface area contributed by atoms with Crippen molar-refractivity contribution in [3.8, 4) is 11.5 Å². The van der Waals surface area contributed by atoms with Crippen LogP contribution in [0.2, 0.25) is 0 Å². The lowest BCUT2D eigenvalue weighted by Crippen LogP contribution is -2.53. The number of nitrogens with zero attached hydrogens (tertiary/aromatic N) is 4. The van der Waals surface area contributed by atoms with E-state index in [9.17, 15) is 19.7 Å². The normalized spacial score (nSPS) is 19.8. The molecule has 1 N–H and O–H groups in total. The van der Waals surface area contributed by atoms with E-state index in [0.717, 1.165) is 11.4 Å². The largest absolute Gasteiger partial charge is 0.486 e. The first-order valence-corrected chi connectivity index (χ1v) is 11.2. The van der Waals surface area contributed by atoms with Gasteiger partial charge < -0.3 is 29.5 Å². The number of hydrogen-bond donors (Lipinski definition) is 1. The molecule has 5 rings (SSSR count). The fraction of sp³-hybridized carbons (Fsp3) is 0.391. The number of non-ortho nitro benzene ring substituents is 1. The predicted molar refractivity (Wildman–Crippen MR) is 124 cm³/mol. The lowest BCUT2D eigenvalue weighted by Gasteiger charge is -2.36. The maximum atomic E-state index is 12.8. The number of rotatable bonds is 4. The van der Waals surface area contributed by atoms with Gasteiger partial charge in [-0.25, -0.2) is 4.79 Å². The van der Waals surface area contributed by atoms with Gasteiger partial charge >= 0.3 is 6.03 Å². The van der Waals surface area contributed by atoms with Gasteiger partial charge in [-0.15, -0.1) is 0 Å². The number of hydrogen-bond acceptors (Lipinski definition) is 7. The highest BCUT2D eigenvalue weighted by Gasteiger charge is 2.33. The summed E-state index contributed by atoms with van der Waals surface area (Å²) in [7, 11) is 0. The average Bonchev–Trinajstić information content (AvgIpc) is 3.23. The van der Waals surface area contributed by atoms with E-state index in [1.807, 2.05) is 6.07 Å². The topological polar surface area (TPSA) is 117 Å². The zero-order chi connectivity index (χ0) is 23.7. The molecule has 0 bridgehead atoms. The number of benzene rings is 2. The Hall–Kier alpha value is -4.02. The Bertz CT molecular complexity index is 1100. The maximum Gasteiger partial charge on any atom is 0.317 e. The highest BCUT2D eigenvalue weighted by molar-refractivity contribution is 5.97. The first kappa shape index (κ1) is 21.8. The Labute approximate surface area is 196 Å². The Morgan fingerprint density at radius 2 is 1.65 bits per heavy atom. The number of nitro groups is 1. The van der Waals surface area contributed by atoms with Crippen LogP contribution < -0.4 is 24.6 Å². The van der Waals surface area contributed by atoms with Crippen molar-refractivity contribution in [3.05, 3.63) is 52.6 Å². The number of fused-ring (bicyclic) bond motifs is 1. The fourth-order valence-electron chi connectivity index (χ4n) is 4.47. The van der Waals surface area contributed by atoms with Crippen LogP contribution in [-0.4, -0.2) is 73.7 Å². The maximum absolute atomic E-state index is 12.8. The monoisotopic (exact) mass is 467 g/mol. The van der Waals surface area contributed by atoms with E-state index in [1.54, 1.807) is 34.1 Å². The number of ether oxygens (including phenoxy) is 2. The molecule has 0 aliphatic carbocycles. The molecule has 11 heteroatoms. The second-order valence-corrected chi connectivity index (χ2v) is 8.43. The Kier molecular flexibility index (Phi) is 5.83. The van der Waals surface area contributed by atoms with Gasteiger partial charge in [0.25, 0.3) is 5.69 Å². The lowest BCUT2D eigenvalue weighted by atomic mass is 10.2. The molecule has 2 aromatic rings. The second kappa shape index (κ2) is 9.08. The molecule has 3 amide bonds. The molecule has 0 saturated carbocycles. The molecule has 178 valence electrons. The quantitative estimate of drug-likeness (QED) is 0.540. The smallest absolute Gasteiger partial charge is 0.317 e. The number of piperazine rings is 1. The molecule has 0 unspecified atom stereocenters. The number of carbonyl (C=O) groups excluding carboxylic acids is 2. The summed E-state index contributed by atoms with van der Waals surface area (Å²) < 4.78 is 11.2. The van der Waals surface area contributed by atoms with Crippen LogP contribution in [0.5, 0.6) is 11.5 Å². The summed E-state index contributed by atoms with van der Waals surface area (Å²) in [6.07, 6.45) is 0.239. The first-order valence-electron chi connectivity index (χ1n) is 11.2. The van der Waals surface area contributed by atoms with E-state index >= 15 is 0 Å². The van der Waals surface area contributed by atoms with Crippen molar-refractivity contribution in [1.82, 2.24) is 10.2 Å². The molecular weight excluding hydrogens is 442 g/mol. The van der Waals surface area contributed by atoms with E-state index in [-0.39, 0.29) is 30.1 Å². The molecule has 3 aliphatic heterocycles. The summed E-state index contributed by atoms with van der Waals surface area (Å²) in [6.45, 7) is 3.67. The average molecular weight is 467 g/mol. The Morgan fingerprint density at radius 3 is 2.35 bits per heavy atom. The molecule has 1 atom stereocenters. The minimum Gasteiger partial charge on any atom is -0.486 e. The highest BCUT2D eigenvalue weighted by atomic mass is 16.6. The van der Waals surface area contributed by atoms with Crippen molar-refractivity contribution < 1.29 is 24.0 Å². The summed E-state index contributed by atoms with van der Waals surface area (Å²) in [5.74, 6) is 1.24. The third-order valence-corrected chi connectivity index (χ3v) is 6.28. The molecule has 2 fully saturated rings. The number of anilines is 2. The summed E-state index contributed by atoms with van der Waals surface area (Å²) in [4.78, 5) is 41.3. The fourth-order valence-corrected chi connectivity index (χ4v) is 4.47. The van der Waals surface area contributed by atoms with Crippen molar-refractivity contribution >= 4 is 29.0 Å². The van der Waals surface area contributed by atoms with Gasteiger partial charge in [0.1, 0.15) is 13.2 Å². The molecule has 0 aromatic heterocycles. The van der Waals surface area contributed by atoms with Crippen molar-refractivity contribution in [2.75, 3.05) is 55.7 Å². The van der Waals surface area contributed by atoms with Gasteiger partial charge in [-0.1, -0.05) is 0 Å². The van der Waals surface area contributed by atoms with Gasteiger partial charge in [0.05, 0.1) is 11.0 Å². The van der Waals surface area contributed by atoms with Crippen LogP contribution in [-0.2, 0) is 4.79 Å². The van der Waals surface area contributed by atoms with Crippen molar-refractivity contribution in [1.29, 1.82) is 0 Å². The van der Waals surface area contributed by atoms with Gasteiger partial charge in [0, 0.05) is 68.7 Å². The summed E-state index contributed by atoms with van der Waals surface area (Å²) >= 11 is 0. The highest BCUT2D eigenvalue weighted by Crippen LogP contribution is 2.35. The minimum atomic E-state index is -0.422. The van der Waals surface area contributed by atoms with Crippen molar-refractivity contribution in [2.24, 2.45) is 0 Å². The standard InChI is InChI=1S/C23H25N5O6/c29-22-13-16(15-27(22)19-5-6-20-21(14-19)34-12-11-33-20)24-23(30)26-9-7-25(8-10-26)17-1-3-18(4-2-17)28(31)32/h1-6,14,16H,7-13,15H2,(H,24,30)/t16-/m1/s1. The summed E-state index contributed by atoms with van der Waals surface area (Å²) in [6, 6.07) is 11.4. The van der Waals surface area contributed by atoms with E-state index in [0.29, 0.717) is 57.4 Å². The second-order valence-electron chi connectivity index (χ2n) is 8.43.